The predicted octanol–water partition coefficient (Wildman–Crippen LogP) is 7.05. The van der Waals surface area contributed by atoms with Crippen LogP contribution in [0.5, 0.6) is 5.75 Å². The first-order valence-corrected chi connectivity index (χ1v) is 11.7. The number of aromatic nitrogens is 2. The molecule has 1 aromatic heterocycles. The van der Waals surface area contributed by atoms with Crippen LogP contribution >= 0.6 is 23.8 Å². The van der Waals surface area contributed by atoms with Crippen molar-refractivity contribution in [2.75, 3.05) is 5.32 Å². The van der Waals surface area contributed by atoms with Crippen molar-refractivity contribution in [1.82, 2.24) is 15.0 Å². The van der Waals surface area contributed by atoms with E-state index in [2.05, 4.69) is 25.6 Å². The van der Waals surface area contributed by atoms with E-state index in [9.17, 15) is 13.2 Å². The highest BCUT2D eigenvalue weighted by molar-refractivity contribution is 7.80. The molecule has 0 unspecified atom stereocenters. The van der Waals surface area contributed by atoms with Gasteiger partial charge in [0.15, 0.2) is 5.11 Å². The third-order valence-corrected chi connectivity index (χ3v) is 5.93. The Bertz CT molecular complexity index is 1630. The number of nitrogens with zero attached hydrogens (tertiary/aromatic N) is 3. The first kappa shape index (κ1) is 24.5. The van der Waals surface area contributed by atoms with Gasteiger partial charge in [0, 0.05) is 11.1 Å². The molecule has 0 spiro atoms. The van der Waals surface area contributed by atoms with E-state index in [1.807, 2.05) is 48.5 Å². The van der Waals surface area contributed by atoms with Gasteiger partial charge in [-0.25, -0.2) is 4.98 Å². The number of hydrazone groups is 1. The van der Waals surface area contributed by atoms with Crippen LogP contribution in [-0.4, -0.2) is 27.2 Å². The van der Waals surface area contributed by atoms with Crippen LogP contribution in [0.4, 0.5) is 18.9 Å². The molecule has 0 bridgehead atoms. The summed E-state index contributed by atoms with van der Waals surface area (Å²) in [6, 6.07) is 22.5. The number of para-hydroxylation sites is 1. The Balaban J connectivity index is 1.32. The van der Waals surface area contributed by atoms with Crippen LogP contribution in [0.25, 0.3) is 27.5 Å². The molecule has 0 fully saturated rings. The average molecular weight is 540 g/mol. The minimum atomic E-state index is -4.74. The number of hydrogen-bond acceptors (Lipinski definition) is 4. The lowest BCUT2D eigenvalue weighted by Crippen LogP contribution is -2.23. The van der Waals surface area contributed by atoms with Gasteiger partial charge in [0.1, 0.15) is 12.1 Å². The summed E-state index contributed by atoms with van der Waals surface area (Å²) in [7, 11) is 0. The summed E-state index contributed by atoms with van der Waals surface area (Å²) in [5.41, 5.74) is 6.53. The lowest BCUT2D eigenvalue weighted by molar-refractivity contribution is -0.274. The largest absolute Gasteiger partial charge is 0.573 e. The van der Waals surface area contributed by atoms with E-state index in [-0.39, 0.29) is 5.75 Å². The third-order valence-electron chi connectivity index (χ3n) is 5.41. The Morgan fingerprint density at radius 3 is 2.57 bits per heavy atom. The van der Waals surface area contributed by atoms with E-state index in [4.69, 9.17) is 23.8 Å². The molecule has 37 heavy (non-hydrogen) atoms. The van der Waals surface area contributed by atoms with E-state index in [0.717, 1.165) is 27.4 Å². The fourth-order valence-electron chi connectivity index (χ4n) is 3.80. The summed E-state index contributed by atoms with van der Waals surface area (Å²) >= 11 is 11.4. The molecule has 4 aromatic carbocycles. The SMILES string of the molecule is FC(F)(F)Oc1ccc(-n2cnc3c4ccc(C=NNC(=S)Nc5ccccc5Cl)cc4ccc32)cc1. The zero-order valence-electron chi connectivity index (χ0n) is 18.8. The molecule has 0 atom stereocenters. The van der Waals surface area contributed by atoms with Crippen molar-refractivity contribution in [3.63, 3.8) is 0 Å². The minimum Gasteiger partial charge on any atom is -0.406 e. The average Bonchev–Trinajstić information content (AvgIpc) is 3.29. The normalized spacial score (nSPS) is 11.8. The number of nitrogens with one attached hydrogen (secondary N) is 2. The maximum absolute atomic E-state index is 12.4. The topological polar surface area (TPSA) is 63.5 Å². The molecular weight excluding hydrogens is 523 g/mol. The number of benzene rings is 4. The lowest BCUT2D eigenvalue weighted by atomic mass is 10.1. The Labute approximate surface area is 219 Å². The summed E-state index contributed by atoms with van der Waals surface area (Å²) in [4.78, 5) is 4.54. The maximum atomic E-state index is 12.4. The van der Waals surface area contributed by atoms with E-state index in [0.29, 0.717) is 21.5 Å². The van der Waals surface area contributed by atoms with Crippen LogP contribution in [0.3, 0.4) is 0 Å². The number of anilines is 1. The highest BCUT2D eigenvalue weighted by Gasteiger charge is 2.31. The zero-order chi connectivity index (χ0) is 26.0. The second-order valence-electron chi connectivity index (χ2n) is 7.87. The smallest absolute Gasteiger partial charge is 0.406 e. The van der Waals surface area contributed by atoms with Crippen LogP contribution in [0, 0.1) is 0 Å². The molecule has 0 aliphatic heterocycles. The Hall–Kier alpha value is -4.15. The number of alkyl halides is 3. The fraction of sp³-hybridized carbons (Fsp3) is 0.0385. The molecule has 0 aliphatic rings. The number of fused-ring (bicyclic) bond motifs is 3. The summed E-state index contributed by atoms with van der Waals surface area (Å²) in [6.45, 7) is 0. The van der Waals surface area contributed by atoms with Crippen LogP contribution in [-0.2, 0) is 0 Å². The monoisotopic (exact) mass is 539 g/mol. The Morgan fingerprint density at radius 2 is 1.81 bits per heavy atom. The van der Waals surface area contributed by atoms with E-state index < -0.39 is 6.36 Å². The third kappa shape index (κ3) is 5.65. The molecule has 0 amide bonds. The summed E-state index contributed by atoms with van der Waals surface area (Å²) in [5.74, 6) is -0.282. The minimum absolute atomic E-state index is 0.282. The van der Waals surface area contributed by atoms with E-state index >= 15 is 0 Å². The van der Waals surface area contributed by atoms with E-state index in [1.165, 1.54) is 12.1 Å². The summed E-state index contributed by atoms with van der Waals surface area (Å²) < 4.78 is 43.1. The van der Waals surface area contributed by atoms with Gasteiger partial charge in [0.2, 0.25) is 0 Å². The van der Waals surface area contributed by atoms with Crippen LogP contribution in [0.15, 0.2) is 90.3 Å². The molecule has 11 heteroatoms. The molecule has 2 N–H and O–H groups in total. The number of rotatable bonds is 5. The van der Waals surface area contributed by atoms with Gasteiger partial charge in [-0.3, -0.25) is 9.99 Å². The zero-order valence-corrected chi connectivity index (χ0v) is 20.4. The van der Waals surface area contributed by atoms with Gasteiger partial charge in [0.25, 0.3) is 0 Å². The highest BCUT2D eigenvalue weighted by Crippen LogP contribution is 2.29. The highest BCUT2D eigenvalue weighted by atomic mass is 35.5. The number of hydrogen-bond donors (Lipinski definition) is 2. The molecule has 1 heterocycles. The van der Waals surface area contributed by atoms with Crippen molar-refractivity contribution in [2.24, 2.45) is 5.10 Å². The Morgan fingerprint density at radius 1 is 1.03 bits per heavy atom. The van der Waals surface area contributed by atoms with Crippen LogP contribution < -0.4 is 15.5 Å². The van der Waals surface area contributed by atoms with Gasteiger partial charge in [-0.1, -0.05) is 41.9 Å². The predicted molar refractivity (Wildman–Crippen MR) is 144 cm³/mol. The first-order valence-electron chi connectivity index (χ1n) is 10.9. The molecule has 6 nitrogen and oxygen atoms in total. The van der Waals surface area contributed by atoms with Crippen LogP contribution in [0.2, 0.25) is 5.02 Å². The van der Waals surface area contributed by atoms with Gasteiger partial charge in [-0.2, -0.15) is 5.10 Å². The number of imidazole rings is 1. The molecule has 5 aromatic rings. The fourth-order valence-corrected chi connectivity index (χ4v) is 4.15. The van der Waals surface area contributed by atoms with Crippen LogP contribution in [0.1, 0.15) is 5.56 Å². The van der Waals surface area contributed by atoms with E-state index in [1.54, 1.807) is 35.3 Å². The van der Waals surface area contributed by atoms with Crippen molar-refractivity contribution < 1.29 is 17.9 Å². The Kier molecular flexibility index (Phi) is 6.68. The first-order chi connectivity index (χ1) is 17.8. The van der Waals surface area contributed by atoms with Crippen molar-refractivity contribution in [1.29, 1.82) is 0 Å². The number of halogens is 4. The second kappa shape index (κ2) is 10.1. The maximum Gasteiger partial charge on any atom is 0.573 e. The quantitative estimate of drug-likeness (QED) is 0.142. The molecule has 0 aliphatic carbocycles. The second-order valence-corrected chi connectivity index (χ2v) is 8.69. The molecule has 0 saturated carbocycles. The molecule has 5 rings (SSSR count). The van der Waals surface area contributed by atoms with Crippen molar-refractivity contribution in [3.05, 3.63) is 95.8 Å². The molecule has 0 radical (unpaired) electrons. The molecule has 186 valence electrons. The molecular formula is C26H17ClF3N5OS. The van der Waals surface area contributed by atoms with Gasteiger partial charge >= 0.3 is 6.36 Å². The molecule has 0 saturated heterocycles. The summed E-state index contributed by atoms with van der Waals surface area (Å²) in [5, 5.41) is 9.89. The standard InChI is InChI=1S/C26H17ClF3N5OS/c27-21-3-1-2-4-22(21)33-25(37)34-32-14-16-5-11-20-17(13-16)6-12-23-24(20)31-15-35(23)18-7-9-19(10-8-18)36-26(28,29)30/h1-15H,(H2,33,34,37). The van der Waals surface area contributed by atoms with Crippen molar-refractivity contribution in [3.8, 4) is 11.4 Å². The van der Waals surface area contributed by atoms with Crippen molar-refractivity contribution >= 4 is 62.6 Å². The number of ether oxygens (including phenoxy) is 1. The van der Waals surface area contributed by atoms with Gasteiger partial charge in [-0.15, -0.1) is 13.2 Å². The lowest BCUT2D eigenvalue weighted by Gasteiger charge is -2.10. The summed E-state index contributed by atoms with van der Waals surface area (Å²) in [6.07, 6.45) is -1.45. The van der Waals surface area contributed by atoms with Gasteiger partial charge in [-0.05, 0) is 71.7 Å². The number of thiocarbonyl (C=S) groups is 1. The van der Waals surface area contributed by atoms with Crippen molar-refractivity contribution in [2.45, 2.75) is 6.36 Å². The van der Waals surface area contributed by atoms with Gasteiger partial charge < -0.3 is 10.1 Å². The van der Waals surface area contributed by atoms with Gasteiger partial charge in [0.05, 0.1) is 28.0 Å².